The Morgan fingerprint density at radius 1 is 0.947 bits per heavy atom. The third-order valence-electron chi connectivity index (χ3n) is 6.29. The first kappa shape index (κ1) is 24.9. The van der Waals surface area contributed by atoms with Crippen molar-refractivity contribution in [1.82, 2.24) is 4.98 Å². The molecule has 1 saturated heterocycles. The molecule has 0 bridgehead atoms. The molecule has 5 rings (SSSR count). The van der Waals surface area contributed by atoms with Gasteiger partial charge in [0.15, 0.2) is 23.1 Å². The van der Waals surface area contributed by atoms with Crippen LogP contribution in [0.4, 0.5) is 20.2 Å². The molecule has 0 saturated carbocycles. The summed E-state index contributed by atoms with van der Waals surface area (Å²) in [6.07, 6.45) is 1.80. The summed E-state index contributed by atoms with van der Waals surface area (Å²) in [5, 5.41) is 3.22. The van der Waals surface area contributed by atoms with E-state index in [1.807, 2.05) is 0 Å². The van der Waals surface area contributed by atoms with Crippen molar-refractivity contribution in [3.8, 4) is 23.0 Å². The number of carbonyl (C=O) groups is 2. The number of hydrogen-bond acceptors (Lipinski definition) is 6. The van der Waals surface area contributed by atoms with E-state index in [-0.39, 0.29) is 18.7 Å². The lowest BCUT2D eigenvalue weighted by Crippen LogP contribution is -2.33. The van der Waals surface area contributed by atoms with E-state index in [2.05, 4.69) is 10.3 Å². The second-order valence-electron chi connectivity index (χ2n) is 8.58. The van der Waals surface area contributed by atoms with Crippen LogP contribution >= 0.6 is 0 Å². The van der Waals surface area contributed by atoms with Crippen LogP contribution in [0.1, 0.15) is 6.42 Å². The predicted molar refractivity (Wildman–Crippen MR) is 137 cm³/mol. The summed E-state index contributed by atoms with van der Waals surface area (Å²) >= 11 is 0. The number of pyridine rings is 1. The monoisotopic (exact) mass is 519 g/mol. The number of fused-ring (bicyclic) bond motifs is 1. The molecular formula is C28H23F2N3O5. The Labute approximate surface area is 216 Å². The molecule has 2 heterocycles. The Kier molecular flexibility index (Phi) is 6.78. The van der Waals surface area contributed by atoms with Crippen LogP contribution in [-0.2, 0) is 9.59 Å². The van der Waals surface area contributed by atoms with Crippen molar-refractivity contribution < 1.29 is 32.6 Å². The maximum absolute atomic E-state index is 15.1. The van der Waals surface area contributed by atoms with Crippen molar-refractivity contribution in [2.24, 2.45) is 5.92 Å². The van der Waals surface area contributed by atoms with Gasteiger partial charge in [-0.25, -0.2) is 8.78 Å². The van der Waals surface area contributed by atoms with Crippen LogP contribution in [0, 0.1) is 17.6 Å². The zero-order valence-corrected chi connectivity index (χ0v) is 20.5. The summed E-state index contributed by atoms with van der Waals surface area (Å²) in [5.41, 5.74) is 1.27. The number of amides is 2. The van der Waals surface area contributed by atoms with Crippen molar-refractivity contribution in [3.63, 3.8) is 0 Å². The van der Waals surface area contributed by atoms with E-state index in [0.29, 0.717) is 39.5 Å². The number of anilines is 2. The lowest BCUT2D eigenvalue weighted by Gasteiger charge is -2.18. The van der Waals surface area contributed by atoms with Gasteiger partial charge in [-0.2, -0.15) is 0 Å². The molecular weight excluding hydrogens is 496 g/mol. The number of hydrogen-bond donors (Lipinski definition) is 1. The molecule has 0 aliphatic carbocycles. The summed E-state index contributed by atoms with van der Waals surface area (Å²) in [6.45, 7) is 0.247. The lowest BCUT2D eigenvalue weighted by molar-refractivity contribution is -0.129. The Morgan fingerprint density at radius 2 is 1.68 bits per heavy atom. The van der Waals surface area contributed by atoms with E-state index in [4.69, 9.17) is 14.2 Å². The number of aromatic nitrogens is 1. The van der Waals surface area contributed by atoms with Crippen molar-refractivity contribution in [3.05, 3.63) is 78.5 Å². The Bertz CT molecular complexity index is 1530. The Hall–Kier alpha value is -4.73. The van der Waals surface area contributed by atoms with Crippen LogP contribution in [0.2, 0.25) is 0 Å². The van der Waals surface area contributed by atoms with Gasteiger partial charge in [0.1, 0.15) is 17.5 Å². The van der Waals surface area contributed by atoms with E-state index >= 15 is 4.39 Å². The molecule has 194 valence electrons. The first-order valence-electron chi connectivity index (χ1n) is 11.7. The molecule has 0 radical (unpaired) electrons. The fourth-order valence-electron chi connectivity index (χ4n) is 4.34. The van der Waals surface area contributed by atoms with E-state index in [1.165, 1.54) is 61.7 Å². The van der Waals surface area contributed by atoms with Crippen LogP contribution in [0.3, 0.4) is 0 Å². The van der Waals surface area contributed by atoms with Gasteiger partial charge in [0, 0.05) is 41.6 Å². The number of ether oxygens (including phenoxy) is 3. The van der Waals surface area contributed by atoms with Crippen LogP contribution in [-0.4, -0.2) is 37.6 Å². The lowest BCUT2D eigenvalue weighted by atomic mass is 10.1. The van der Waals surface area contributed by atoms with Crippen molar-refractivity contribution in [2.45, 2.75) is 6.42 Å². The van der Waals surface area contributed by atoms with Gasteiger partial charge in [0.2, 0.25) is 11.8 Å². The Balaban J connectivity index is 1.33. The first-order chi connectivity index (χ1) is 18.4. The highest BCUT2D eigenvalue weighted by molar-refractivity contribution is 6.13. The molecule has 1 atom stereocenters. The van der Waals surface area contributed by atoms with E-state index in [9.17, 15) is 14.0 Å². The van der Waals surface area contributed by atoms with Gasteiger partial charge >= 0.3 is 0 Å². The molecule has 10 heteroatoms. The van der Waals surface area contributed by atoms with E-state index in [0.717, 1.165) is 0 Å². The topological polar surface area (TPSA) is 90.0 Å². The minimum Gasteiger partial charge on any atom is -0.493 e. The number of rotatable bonds is 7. The first-order valence-corrected chi connectivity index (χ1v) is 11.7. The fraction of sp³-hybridized carbons (Fsp3) is 0.179. The van der Waals surface area contributed by atoms with Gasteiger partial charge in [-0.3, -0.25) is 14.6 Å². The summed E-state index contributed by atoms with van der Waals surface area (Å²) in [6, 6.07) is 14.4. The fourth-order valence-corrected chi connectivity index (χ4v) is 4.34. The third kappa shape index (κ3) is 4.80. The van der Waals surface area contributed by atoms with E-state index < -0.39 is 29.4 Å². The van der Waals surface area contributed by atoms with Gasteiger partial charge in [0.25, 0.3) is 0 Å². The molecule has 1 unspecified atom stereocenters. The molecule has 3 aromatic carbocycles. The number of nitrogens with zero attached hydrogens (tertiary/aromatic N) is 2. The zero-order chi connectivity index (χ0) is 26.8. The highest BCUT2D eigenvalue weighted by atomic mass is 19.1. The zero-order valence-electron chi connectivity index (χ0n) is 20.5. The van der Waals surface area contributed by atoms with Gasteiger partial charge in [-0.15, -0.1) is 0 Å². The molecule has 1 aromatic heterocycles. The molecule has 1 aliphatic rings. The Morgan fingerprint density at radius 3 is 2.39 bits per heavy atom. The molecule has 8 nitrogen and oxygen atoms in total. The number of benzene rings is 3. The summed E-state index contributed by atoms with van der Waals surface area (Å²) in [7, 11) is 3.03. The SMILES string of the molecule is COc1cc2nccc(Oc3ccc(N4CCC(C(=O)Nc5ccc(F)cc5)C4=O)cc3F)c2cc1OC. The second kappa shape index (κ2) is 10.3. The molecule has 38 heavy (non-hydrogen) atoms. The molecule has 1 fully saturated rings. The van der Waals surface area contributed by atoms with Crippen molar-refractivity contribution in [2.75, 3.05) is 31.0 Å². The molecule has 0 spiro atoms. The van der Waals surface area contributed by atoms with Crippen molar-refractivity contribution >= 4 is 34.1 Å². The molecule has 2 amide bonds. The average Bonchev–Trinajstić information content (AvgIpc) is 3.31. The molecule has 4 aromatic rings. The summed E-state index contributed by atoms with van der Waals surface area (Å²) < 4.78 is 44.8. The van der Waals surface area contributed by atoms with E-state index in [1.54, 1.807) is 24.3 Å². The molecule has 1 aliphatic heterocycles. The number of halogens is 2. The maximum Gasteiger partial charge on any atom is 0.239 e. The largest absolute Gasteiger partial charge is 0.493 e. The van der Waals surface area contributed by atoms with Crippen LogP contribution in [0.15, 0.2) is 66.9 Å². The third-order valence-corrected chi connectivity index (χ3v) is 6.29. The number of carbonyl (C=O) groups excluding carboxylic acids is 2. The highest BCUT2D eigenvalue weighted by Gasteiger charge is 2.38. The van der Waals surface area contributed by atoms with Crippen LogP contribution < -0.4 is 24.4 Å². The second-order valence-corrected chi connectivity index (χ2v) is 8.58. The number of methoxy groups -OCH3 is 2. The van der Waals surface area contributed by atoms with Gasteiger partial charge in [-0.1, -0.05) is 0 Å². The standard InChI is InChI=1S/C28H23F2N3O5/c1-36-25-14-20-22(15-26(25)37-2)31-11-9-23(20)38-24-8-7-18(13-21(24)30)33-12-10-19(28(33)35)27(34)32-17-5-3-16(29)4-6-17/h3-9,11,13-15,19H,10,12H2,1-2H3,(H,32,34). The minimum absolute atomic E-state index is 0.0479. The van der Waals surface area contributed by atoms with Crippen molar-refractivity contribution in [1.29, 1.82) is 0 Å². The maximum atomic E-state index is 15.1. The van der Waals surface area contributed by atoms with Crippen LogP contribution in [0.5, 0.6) is 23.0 Å². The summed E-state index contributed by atoms with van der Waals surface area (Å²) in [5.74, 6) is -1.71. The quantitative estimate of drug-likeness (QED) is 0.333. The summed E-state index contributed by atoms with van der Waals surface area (Å²) in [4.78, 5) is 31.3. The average molecular weight is 520 g/mol. The highest BCUT2D eigenvalue weighted by Crippen LogP contribution is 2.38. The normalized spacial score (nSPS) is 15.0. The van der Waals surface area contributed by atoms with Gasteiger partial charge in [0.05, 0.1) is 19.7 Å². The molecule has 1 N–H and O–H groups in total. The predicted octanol–water partition coefficient (Wildman–Crippen LogP) is 5.31. The van der Waals surface area contributed by atoms with Gasteiger partial charge < -0.3 is 24.4 Å². The smallest absolute Gasteiger partial charge is 0.239 e. The number of nitrogens with one attached hydrogen (secondary N) is 1. The minimum atomic E-state index is -0.936. The van der Waals surface area contributed by atoms with Gasteiger partial charge in [-0.05, 0) is 55.0 Å². The van der Waals surface area contributed by atoms with Crippen LogP contribution in [0.25, 0.3) is 10.9 Å².